The predicted molar refractivity (Wildman–Crippen MR) is 334 cm³/mol. The number of ether oxygens (including phenoxy) is 3. The minimum atomic E-state index is -0.806. The van der Waals surface area contributed by atoms with Gasteiger partial charge >= 0.3 is 17.9 Å². The van der Waals surface area contributed by atoms with E-state index in [1.54, 1.807) is 0 Å². The molecule has 0 heterocycles. The first-order chi connectivity index (χ1) is 38.0. The number of allylic oxidation sites excluding steroid dienone is 26. The van der Waals surface area contributed by atoms with Crippen LogP contribution in [0.15, 0.2) is 158 Å². The summed E-state index contributed by atoms with van der Waals surface area (Å²) < 4.78 is 16.8. The van der Waals surface area contributed by atoms with Gasteiger partial charge in [0, 0.05) is 19.3 Å². The molecule has 0 N–H and O–H groups in total. The summed E-state index contributed by atoms with van der Waals surface area (Å²) in [6.45, 7) is 6.34. The van der Waals surface area contributed by atoms with Crippen molar-refractivity contribution in [2.45, 2.75) is 258 Å². The molecule has 0 aromatic carbocycles. The molecule has 0 spiro atoms. The molecular weight excluding hydrogens is 949 g/mol. The predicted octanol–water partition coefficient (Wildman–Crippen LogP) is 21.3. The van der Waals surface area contributed by atoms with Crippen molar-refractivity contribution in [1.82, 2.24) is 0 Å². The largest absolute Gasteiger partial charge is 0.462 e. The lowest BCUT2D eigenvalue weighted by atomic mass is 10.1. The average molecular weight is 1060 g/mol. The molecule has 0 radical (unpaired) electrons. The van der Waals surface area contributed by atoms with E-state index in [1.165, 1.54) is 64.2 Å². The maximum atomic E-state index is 12.8. The summed E-state index contributed by atoms with van der Waals surface area (Å²) in [5.74, 6) is -0.964. The molecule has 6 nitrogen and oxygen atoms in total. The van der Waals surface area contributed by atoms with Crippen molar-refractivity contribution < 1.29 is 28.6 Å². The highest BCUT2D eigenvalue weighted by Crippen LogP contribution is 2.14. The standard InChI is InChI=1S/C71H112O6/c1-4-7-10-13-16-19-21-23-25-27-28-29-30-31-32-33-34-35-36-37-38-39-40-41-42-44-45-47-49-52-55-58-61-64-70(73)76-67-68(66-75-69(72)63-60-57-54-51-18-15-12-9-6-3)77-71(74)65-62-59-56-53-50-48-46-43-26-24-22-20-17-14-11-8-5-2/h7-8,10-11,16-17,19-20,23-26,28-29,31-32,34-35,37-38,40-41,44-45,49,52,68H,4-6,9,12-15,18,21-22,27,30,33,36,39,42-43,46-48,50-51,53-67H2,1-3H3/b10-7-,11-8-,19-16-,20-17-,25-23-,26-24-,29-28-,32-31-,35-34-,38-37-,41-40-,45-44-,52-49-. The molecule has 0 saturated heterocycles. The zero-order valence-electron chi connectivity index (χ0n) is 49.4. The van der Waals surface area contributed by atoms with Gasteiger partial charge in [0.25, 0.3) is 0 Å². The molecule has 0 aliphatic heterocycles. The summed E-state index contributed by atoms with van der Waals surface area (Å²) in [5.41, 5.74) is 0. The Balaban J connectivity index is 4.33. The van der Waals surface area contributed by atoms with Crippen LogP contribution in [0.25, 0.3) is 0 Å². The van der Waals surface area contributed by atoms with Crippen LogP contribution < -0.4 is 0 Å². The van der Waals surface area contributed by atoms with Crippen LogP contribution in [0, 0.1) is 0 Å². The van der Waals surface area contributed by atoms with Gasteiger partial charge < -0.3 is 14.2 Å². The molecule has 0 aliphatic rings. The lowest BCUT2D eigenvalue weighted by molar-refractivity contribution is -0.167. The van der Waals surface area contributed by atoms with E-state index < -0.39 is 6.10 Å². The van der Waals surface area contributed by atoms with Gasteiger partial charge in [-0.1, -0.05) is 262 Å². The molecule has 0 aromatic heterocycles. The Bertz CT molecular complexity index is 1740. The Morgan fingerprint density at radius 2 is 0.506 bits per heavy atom. The third-order valence-corrected chi connectivity index (χ3v) is 12.5. The van der Waals surface area contributed by atoms with Gasteiger partial charge in [0.2, 0.25) is 0 Å². The Morgan fingerprint density at radius 3 is 0.818 bits per heavy atom. The highest BCUT2D eigenvalue weighted by Gasteiger charge is 2.19. The van der Waals surface area contributed by atoms with Crippen molar-refractivity contribution >= 4 is 17.9 Å². The Kier molecular flexibility index (Phi) is 59.5. The fraction of sp³-hybridized carbons (Fsp3) is 0.592. The number of hydrogen-bond acceptors (Lipinski definition) is 6. The third-order valence-electron chi connectivity index (χ3n) is 12.5. The summed E-state index contributed by atoms with van der Waals surface area (Å²) in [6.07, 6.45) is 92.6. The molecule has 0 fully saturated rings. The molecule has 0 rings (SSSR count). The van der Waals surface area contributed by atoms with Crippen LogP contribution in [0.3, 0.4) is 0 Å². The summed E-state index contributed by atoms with van der Waals surface area (Å²) in [5, 5.41) is 0. The lowest BCUT2D eigenvalue weighted by Crippen LogP contribution is -2.30. The second-order valence-corrected chi connectivity index (χ2v) is 19.9. The zero-order valence-corrected chi connectivity index (χ0v) is 49.4. The first kappa shape index (κ1) is 72.0. The van der Waals surface area contributed by atoms with E-state index in [4.69, 9.17) is 14.2 Å². The van der Waals surface area contributed by atoms with Gasteiger partial charge in [-0.2, -0.15) is 0 Å². The fourth-order valence-corrected chi connectivity index (χ4v) is 7.95. The smallest absolute Gasteiger partial charge is 0.306 e. The summed E-state index contributed by atoms with van der Waals surface area (Å²) in [6, 6.07) is 0. The molecule has 0 saturated carbocycles. The van der Waals surface area contributed by atoms with Crippen molar-refractivity contribution in [3.8, 4) is 0 Å². The molecule has 432 valence electrons. The van der Waals surface area contributed by atoms with Gasteiger partial charge in [-0.3, -0.25) is 14.4 Å². The first-order valence-electron chi connectivity index (χ1n) is 31.0. The van der Waals surface area contributed by atoms with Crippen molar-refractivity contribution in [1.29, 1.82) is 0 Å². The second-order valence-electron chi connectivity index (χ2n) is 19.9. The van der Waals surface area contributed by atoms with Gasteiger partial charge in [-0.25, -0.2) is 0 Å². The highest BCUT2D eigenvalue weighted by atomic mass is 16.6. The van der Waals surface area contributed by atoms with Crippen LogP contribution in [-0.2, 0) is 28.6 Å². The molecule has 0 aromatic rings. The van der Waals surface area contributed by atoms with Crippen molar-refractivity contribution in [3.63, 3.8) is 0 Å². The summed E-state index contributed by atoms with van der Waals surface area (Å²) in [7, 11) is 0. The molecular formula is C71H112O6. The monoisotopic (exact) mass is 1060 g/mol. The number of hydrogen-bond donors (Lipinski definition) is 0. The number of carbonyl (C=O) groups is 3. The second kappa shape index (κ2) is 63.6. The minimum absolute atomic E-state index is 0.100. The van der Waals surface area contributed by atoms with Crippen molar-refractivity contribution in [3.05, 3.63) is 158 Å². The third kappa shape index (κ3) is 61.8. The Morgan fingerprint density at radius 1 is 0.273 bits per heavy atom. The van der Waals surface area contributed by atoms with Gasteiger partial charge in [-0.15, -0.1) is 0 Å². The molecule has 0 aliphatic carbocycles. The summed E-state index contributed by atoms with van der Waals surface area (Å²) >= 11 is 0. The van der Waals surface area contributed by atoms with Crippen LogP contribution in [0.4, 0.5) is 0 Å². The van der Waals surface area contributed by atoms with Crippen molar-refractivity contribution in [2.75, 3.05) is 13.2 Å². The SMILES string of the molecule is CC/C=C\C/C=C\C/C=C\C/C=C\C/C=C\C/C=C\C/C=C\C/C=C\C/C=C\C/C=C\CCCCC(=O)OCC(COC(=O)CCCCCCCCCCC)OC(=O)CCCCCCCCC/C=C\C/C=C\C/C=C\CC. The van der Waals surface area contributed by atoms with Crippen LogP contribution >= 0.6 is 0 Å². The van der Waals surface area contributed by atoms with Crippen LogP contribution in [-0.4, -0.2) is 37.2 Å². The first-order valence-corrected chi connectivity index (χ1v) is 31.0. The normalized spacial score (nSPS) is 13.2. The molecule has 1 atom stereocenters. The van der Waals surface area contributed by atoms with E-state index in [-0.39, 0.29) is 31.1 Å². The van der Waals surface area contributed by atoms with Gasteiger partial charge in [-0.05, 0) is 128 Å². The highest BCUT2D eigenvalue weighted by molar-refractivity contribution is 5.71. The lowest BCUT2D eigenvalue weighted by Gasteiger charge is -2.18. The van der Waals surface area contributed by atoms with Crippen molar-refractivity contribution in [2.24, 2.45) is 0 Å². The van der Waals surface area contributed by atoms with Crippen LogP contribution in [0.1, 0.15) is 252 Å². The maximum Gasteiger partial charge on any atom is 0.306 e. The van der Waals surface area contributed by atoms with Crippen LogP contribution in [0.5, 0.6) is 0 Å². The minimum Gasteiger partial charge on any atom is -0.462 e. The van der Waals surface area contributed by atoms with E-state index in [9.17, 15) is 14.4 Å². The summed E-state index contributed by atoms with van der Waals surface area (Å²) in [4.78, 5) is 38.1. The Hall–Kier alpha value is -4.97. The van der Waals surface area contributed by atoms with E-state index in [0.29, 0.717) is 25.7 Å². The maximum absolute atomic E-state index is 12.8. The number of carbonyl (C=O) groups excluding carboxylic acids is 3. The number of unbranched alkanes of at least 4 members (excludes halogenated alkanes) is 17. The topological polar surface area (TPSA) is 78.9 Å². The van der Waals surface area contributed by atoms with E-state index >= 15 is 0 Å². The quantitative estimate of drug-likeness (QED) is 0.0261. The molecule has 77 heavy (non-hydrogen) atoms. The molecule has 1 unspecified atom stereocenters. The Labute approximate surface area is 473 Å². The van der Waals surface area contributed by atoms with E-state index in [0.717, 1.165) is 141 Å². The zero-order chi connectivity index (χ0) is 55.7. The van der Waals surface area contributed by atoms with Gasteiger partial charge in [0.1, 0.15) is 13.2 Å². The van der Waals surface area contributed by atoms with Gasteiger partial charge in [0.15, 0.2) is 6.10 Å². The van der Waals surface area contributed by atoms with E-state index in [1.807, 2.05) is 0 Å². The van der Waals surface area contributed by atoms with E-state index in [2.05, 4.69) is 179 Å². The molecule has 0 amide bonds. The number of esters is 3. The molecule has 6 heteroatoms. The number of rotatable bonds is 54. The van der Waals surface area contributed by atoms with Gasteiger partial charge in [0.05, 0.1) is 0 Å². The van der Waals surface area contributed by atoms with Crippen LogP contribution in [0.2, 0.25) is 0 Å². The molecule has 0 bridgehead atoms. The fourth-order valence-electron chi connectivity index (χ4n) is 7.95. The average Bonchev–Trinajstić information content (AvgIpc) is 3.43.